The van der Waals surface area contributed by atoms with E-state index >= 15 is 0 Å². The van der Waals surface area contributed by atoms with Gasteiger partial charge in [-0.3, -0.25) is 4.79 Å². The Bertz CT molecular complexity index is 392. The van der Waals surface area contributed by atoms with Crippen molar-refractivity contribution < 1.29 is 9.53 Å². The van der Waals surface area contributed by atoms with Crippen molar-refractivity contribution in [1.29, 1.82) is 0 Å². The number of carbonyl (C=O) groups is 1. The average Bonchev–Trinajstić information content (AvgIpc) is 2.37. The number of fused-ring (bicyclic) bond motifs is 2. The van der Waals surface area contributed by atoms with E-state index in [-0.39, 0.29) is 17.7 Å². The first kappa shape index (κ1) is 14.4. The van der Waals surface area contributed by atoms with E-state index in [9.17, 15) is 4.79 Å². The van der Waals surface area contributed by atoms with Gasteiger partial charge in [0.25, 0.3) is 0 Å². The monoisotopic (exact) mass is 279 g/mol. The van der Waals surface area contributed by atoms with Crippen LogP contribution in [0.3, 0.4) is 0 Å². The molecular formula is C17H29NO2. The lowest BCUT2D eigenvalue weighted by atomic mass is 9.68. The summed E-state index contributed by atoms with van der Waals surface area (Å²) in [6, 6.07) is 0. The average molecular weight is 279 g/mol. The summed E-state index contributed by atoms with van der Waals surface area (Å²) in [5.74, 6) is 1.83. The predicted octanol–water partition coefficient (Wildman–Crippen LogP) is 3.57. The summed E-state index contributed by atoms with van der Waals surface area (Å²) in [5, 5.41) is 0. The molecule has 1 amide bonds. The molecule has 3 heteroatoms. The molecule has 1 aliphatic carbocycles. The van der Waals surface area contributed by atoms with Crippen LogP contribution in [0.2, 0.25) is 0 Å². The Morgan fingerprint density at radius 1 is 1.25 bits per heavy atom. The van der Waals surface area contributed by atoms with Gasteiger partial charge in [0.05, 0.1) is 6.10 Å². The molecule has 0 N–H and O–H groups in total. The maximum atomic E-state index is 12.8. The van der Waals surface area contributed by atoms with Gasteiger partial charge in [0, 0.05) is 17.4 Å². The highest BCUT2D eigenvalue weighted by Crippen LogP contribution is 2.47. The van der Waals surface area contributed by atoms with Crippen LogP contribution < -0.4 is 0 Å². The molecule has 2 aliphatic heterocycles. The summed E-state index contributed by atoms with van der Waals surface area (Å²) < 4.78 is 6.37. The summed E-state index contributed by atoms with van der Waals surface area (Å²) in [4.78, 5) is 14.9. The van der Waals surface area contributed by atoms with Gasteiger partial charge in [0.2, 0.25) is 5.91 Å². The lowest BCUT2D eigenvalue weighted by molar-refractivity contribution is -0.242. The first-order chi connectivity index (χ1) is 9.45. The van der Waals surface area contributed by atoms with Gasteiger partial charge in [0.15, 0.2) is 0 Å². The molecule has 0 unspecified atom stereocenters. The molecule has 20 heavy (non-hydrogen) atoms. The number of rotatable bonds is 1. The largest absolute Gasteiger partial charge is 0.355 e. The Balaban J connectivity index is 1.88. The second-order valence-corrected chi connectivity index (χ2v) is 7.70. The molecule has 0 spiro atoms. The zero-order valence-electron chi connectivity index (χ0n) is 13.4. The van der Waals surface area contributed by atoms with Crippen molar-refractivity contribution in [3.8, 4) is 0 Å². The summed E-state index contributed by atoms with van der Waals surface area (Å²) in [6.45, 7) is 9.00. The van der Waals surface area contributed by atoms with Gasteiger partial charge in [0.1, 0.15) is 6.23 Å². The van der Waals surface area contributed by atoms with Crippen LogP contribution in [0.4, 0.5) is 0 Å². The van der Waals surface area contributed by atoms with E-state index in [4.69, 9.17) is 4.74 Å². The van der Waals surface area contributed by atoms with Gasteiger partial charge in [-0.1, -0.05) is 20.3 Å². The Morgan fingerprint density at radius 2 is 2.00 bits per heavy atom. The molecule has 114 valence electrons. The predicted molar refractivity (Wildman–Crippen MR) is 79.1 cm³/mol. The Hall–Kier alpha value is -0.570. The van der Waals surface area contributed by atoms with Crippen LogP contribution in [-0.2, 0) is 9.53 Å². The van der Waals surface area contributed by atoms with Crippen LogP contribution in [0.25, 0.3) is 0 Å². The third kappa shape index (κ3) is 2.09. The molecule has 0 aromatic rings. The third-order valence-electron chi connectivity index (χ3n) is 6.04. The van der Waals surface area contributed by atoms with Crippen molar-refractivity contribution in [1.82, 2.24) is 4.90 Å². The van der Waals surface area contributed by atoms with E-state index < -0.39 is 0 Å². The molecule has 3 rings (SSSR count). The fourth-order valence-corrected chi connectivity index (χ4v) is 4.77. The van der Waals surface area contributed by atoms with Crippen LogP contribution in [0, 0.1) is 17.8 Å². The topological polar surface area (TPSA) is 29.5 Å². The summed E-state index contributed by atoms with van der Waals surface area (Å²) >= 11 is 0. The van der Waals surface area contributed by atoms with Crippen molar-refractivity contribution >= 4 is 5.91 Å². The quantitative estimate of drug-likeness (QED) is 0.734. The van der Waals surface area contributed by atoms with Crippen LogP contribution in [0.15, 0.2) is 0 Å². The van der Waals surface area contributed by atoms with E-state index in [1.807, 2.05) is 0 Å². The maximum Gasteiger partial charge on any atom is 0.228 e. The Kier molecular flexibility index (Phi) is 3.60. The zero-order chi connectivity index (χ0) is 14.5. The van der Waals surface area contributed by atoms with Crippen molar-refractivity contribution in [3.05, 3.63) is 0 Å². The van der Waals surface area contributed by atoms with Gasteiger partial charge >= 0.3 is 0 Å². The van der Waals surface area contributed by atoms with Crippen LogP contribution >= 0.6 is 0 Å². The minimum atomic E-state index is -0.0430. The van der Waals surface area contributed by atoms with Crippen molar-refractivity contribution in [2.24, 2.45) is 17.8 Å². The second-order valence-electron chi connectivity index (χ2n) is 7.70. The number of carbonyl (C=O) groups excluding carboxylic acids is 1. The highest BCUT2D eigenvalue weighted by atomic mass is 16.5. The van der Waals surface area contributed by atoms with Gasteiger partial charge < -0.3 is 9.64 Å². The van der Waals surface area contributed by atoms with E-state index in [1.54, 1.807) is 0 Å². The fourth-order valence-electron chi connectivity index (χ4n) is 4.77. The van der Waals surface area contributed by atoms with E-state index in [0.717, 1.165) is 25.2 Å². The lowest BCUT2D eigenvalue weighted by Crippen LogP contribution is -2.68. The minimum absolute atomic E-state index is 0.0341. The van der Waals surface area contributed by atoms with Crippen LogP contribution in [0.1, 0.15) is 66.2 Å². The van der Waals surface area contributed by atoms with Crippen molar-refractivity contribution in [3.63, 3.8) is 0 Å². The smallest absolute Gasteiger partial charge is 0.228 e. The highest BCUT2D eigenvalue weighted by molar-refractivity contribution is 5.80. The Morgan fingerprint density at radius 3 is 2.70 bits per heavy atom. The van der Waals surface area contributed by atoms with E-state index in [1.165, 1.54) is 19.3 Å². The fraction of sp³-hybridized carbons (Fsp3) is 0.941. The molecule has 1 saturated carbocycles. The number of hydrogen-bond acceptors (Lipinski definition) is 2. The van der Waals surface area contributed by atoms with Crippen LogP contribution in [-0.4, -0.2) is 28.7 Å². The number of ether oxygens (including phenoxy) is 1. The molecule has 0 aromatic carbocycles. The van der Waals surface area contributed by atoms with E-state index in [0.29, 0.717) is 17.9 Å². The SMILES string of the molecule is CC[C@@H]1CC[C@@H]2O[C@@H]3C[C@H](C)CC[C@H]3C(C)(C)N2C1=O. The molecule has 2 saturated heterocycles. The first-order valence-corrected chi connectivity index (χ1v) is 8.43. The number of nitrogens with zero attached hydrogens (tertiary/aromatic N) is 1. The summed E-state index contributed by atoms with van der Waals surface area (Å²) in [5.41, 5.74) is -0.0430. The molecular weight excluding hydrogens is 250 g/mol. The summed E-state index contributed by atoms with van der Waals surface area (Å²) in [7, 11) is 0. The molecule has 3 nitrogen and oxygen atoms in total. The highest BCUT2D eigenvalue weighted by Gasteiger charge is 2.54. The van der Waals surface area contributed by atoms with Gasteiger partial charge in [-0.15, -0.1) is 0 Å². The molecule has 3 aliphatic rings. The van der Waals surface area contributed by atoms with Gasteiger partial charge in [-0.05, 0) is 51.9 Å². The zero-order valence-corrected chi connectivity index (χ0v) is 13.4. The summed E-state index contributed by atoms with van der Waals surface area (Å²) in [6.07, 6.45) is 7.02. The second kappa shape index (κ2) is 5.01. The molecule has 5 atom stereocenters. The molecule has 2 heterocycles. The minimum Gasteiger partial charge on any atom is -0.355 e. The standard InChI is InChI=1S/C17H29NO2/c1-5-12-7-9-15-18(16(12)19)17(3,4)13-8-6-11(2)10-14(13)20-15/h11-15H,5-10H2,1-4H3/t11-,12-,13-,14-,15+/m1/s1. The first-order valence-electron chi connectivity index (χ1n) is 8.43. The normalized spacial score (nSPS) is 43.9. The van der Waals surface area contributed by atoms with Gasteiger partial charge in [-0.2, -0.15) is 0 Å². The van der Waals surface area contributed by atoms with Crippen LogP contribution in [0.5, 0.6) is 0 Å². The number of hydrogen-bond donors (Lipinski definition) is 0. The number of piperidine rings is 1. The van der Waals surface area contributed by atoms with Gasteiger partial charge in [-0.25, -0.2) is 0 Å². The Labute approximate surface area is 123 Å². The molecule has 3 fully saturated rings. The molecule has 0 radical (unpaired) electrons. The number of amides is 1. The van der Waals surface area contributed by atoms with Crippen molar-refractivity contribution in [2.75, 3.05) is 0 Å². The van der Waals surface area contributed by atoms with E-state index in [2.05, 4.69) is 32.6 Å². The lowest BCUT2D eigenvalue weighted by Gasteiger charge is -2.59. The maximum absolute atomic E-state index is 12.8. The molecule has 0 aromatic heterocycles. The third-order valence-corrected chi connectivity index (χ3v) is 6.04. The van der Waals surface area contributed by atoms with Crippen molar-refractivity contribution in [2.45, 2.75) is 84.1 Å². The molecule has 0 bridgehead atoms.